The number of nitrogens with zero attached hydrogens (tertiary/aromatic N) is 1. The van der Waals surface area contributed by atoms with Gasteiger partial charge in [0, 0.05) is 19.0 Å². The summed E-state index contributed by atoms with van der Waals surface area (Å²) in [4.78, 5) is 26.2. The monoisotopic (exact) mass is 288 g/mol. The fourth-order valence-corrected chi connectivity index (χ4v) is 2.77. The topological polar surface area (TPSA) is 58.6 Å². The molecule has 2 fully saturated rings. The minimum atomic E-state index is -0.172. The molecule has 1 saturated heterocycles. The quantitative estimate of drug-likeness (QED) is 0.895. The highest BCUT2D eigenvalue weighted by atomic mass is 16.5. The molecule has 1 aliphatic heterocycles. The predicted molar refractivity (Wildman–Crippen MR) is 78.2 cm³/mol. The van der Waals surface area contributed by atoms with E-state index in [4.69, 9.17) is 4.74 Å². The Labute approximate surface area is 124 Å². The smallest absolute Gasteiger partial charge is 0.255 e. The van der Waals surface area contributed by atoms with Gasteiger partial charge >= 0.3 is 0 Å². The van der Waals surface area contributed by atoms with Crippen molar-refractivity contribution in [2.75, 3.05) is 13.2 Å². The Hall–Kier alpha value is -2.04. The zero-order valence-corrected chi connectivity index (χ0v) is 12.2. The summed E-state index contributed by atoms with van der Waals surface area (Å²) in [5, 5.41) is 2.96. The number of likely N-dealkylation sites (tertiary alicyclic amines) is 1. The van der Waals surface area contributed by atoms with E-state index in [1.165, 1.54) is 0 Å². The lowest BCUT2D eigenvalue weighted by Crippen LogP contribution is -2.37. The van der Waals surface area contributed by atoms with Crippen molar-refractivity contribution in [2.45, 2.75) is 38.3 Å². The molecule has 112 valence electrons. The van der Waals surface area contributed by atoms with Crippen molar-refractivity contribution in [1.82, 2.24) is 10.2 Å². The van der Waals surface area contributed by atoms with Crippen LogP contribution in [0, 0.1) is 0 Å². The number of hydrogen-bond donors (Lipinski definition) is 1. The largest absolute Gasteiger partial charge is 0.493 e. The number of carbonyl (C=O) groups is 2. The number of nitrogens with one attached hydrogen (secondary N) is 1. The molecule has 1 heterocycles. The van der Waals surface area contributed by atoms with Crippen LogP contribution >= 0.6 is 0 Å². The van der Waals surface area contributed by atoms with E-state index in [1.54, 1.807) is 12.1 Å². The third kappa shape index (κ3) is 3.01. The van der Waals surface area contributed by atoms with Gasteiger partial charge in [0.05, 0.1) is 18.2 Å². The molecule has 0 aromatic heterocycles. The number of benzene rings is 1. The molecule has 21 heavy (non-hydrogen) atoms. The van der Waals surface area contributed by atoms with Crippen molar-refractivity contribution in [1.29, 1.82) is 0 Å². The summed E-state index contributed by atoms with van der Waals surface area (Å²) in [5.74, 6) is 0.566. The van der Waals surface area contributed by atoms with Gasteiger partial charge in [-0.1, -0.05) is 12.1 Å². The Balaban J connectivity index is 1.65. The molecule has 2 amide bonds. The zero-order valence-electron chi connectivity index (χ0n) is 12.2. The highest BCUT2D eigenvalue weighted by molar-refractivity contribution is 5.97. The van der Waals surface area contributed by atoms with Gasteiger partial charge in [-0.15, -0.1) is 0 Å². The Kier molecular flexibility index (Phi) is 3.82. The van der Waals surface area contributed by atoms with Gasteiger partial charge in [-0.25, -0.2) is 0 Å². The zero-order chi connectivity index (χ0) is 14.8. The predicted octanol–water partition coefficient (Wildman–Crippen LogP) is 1.58. The summed E-state index contributed by atoms with van der Waals surface area (Å²) in [6, 6.07) is 7.50. The summed E-state index contributed by atoms with van der Waals surface area (Å²) < 4.78 is 5.47. The second-order valence-electron chi connectivity index (χ2n) is 5.58. The molecule has 1 N–H and O–H groups in total. The molecule has 1 aliphatic carbocycles. The molecule has 1 aromatic carbocycles. The Morgan fingerprint density at radius 1 is 1.38 bits per heavy atom. The summed E-state index contributed by atoms with van der Waals surface area (Å²) in [6.07, 6.45) is 2.60. The lowest BCUT2D eigenvalue weighted by molar-refractivity contribution is -0.128. The van der Waals surface area contributed by atoms with Crippen LogP contribution in [0.2, 0.25) is 0 Å². The second kappa shape index (κ2) is 5.76. The fourth-order valence-electron chi connectivity index (χ4n) is 2.77. The SMILES string of the molecule is CCOc1ccccc1C(=O)NC1CC(=O)N(C2CC2)C1. The summed E-state index contributed by atoms with van der Waals surface area (Å²) in [5.41, 5.74) is 0.525. The number of hydrogen-bond acceptors (Lipinski definition) is 3. The maximum Gasteiger partial charge on any atom is 0.255 e. The first kappa shape index (κ1) is 13.9. The molecule has 1 saturated carbocycles. The van der Waals surface area contributed by atoms with Crippen molar-refractivity contribution in [3.63, 3.8) is 0 Å². The first-order chi connectivity index (χ1) is 10.2. The van der Waals surface area contributed by atoms with Gasteiger partial charge in [-0.2, -0.15) is 0 Å². The van der Waals surface area contributed by atoms with Crippen molar-refractivity contribution in [3.05, 3.63) is 29.8 Å². The molecule has 1 aromatic rings. The Morgan fingerprint density at radius 2 is 2.14 bits per heavy atom. The van der Waals surface area contributed by atoms with Crippen LogP contribution in [-0.2, 0) is 4.79 Å². The van der Waals surface area contributed by atoms with Crippen LogP contribution < -0.4 is 10.1 Å². The van der Waals surface area contributed by atoms with Crippen LogP contribution in [0.3, 0.4) is 0 Å². The van der Waals surface area contributed by atoms with E-state index in [9.17, 15) is 9.59 Å². The van der Waals surface area contributed by atoms with E-state index in [-0.39, 0.29) is 17.9 Å². The first-order valence-electron chi connectivity index (χ1n) is 7.51. The molecule has 0 bridgehead atoms. The standard InChI is InChI=1S/C16H20N2O3/c1-2-21-14-6-4-3-5-13(14)16(20)17-11-9-15(19)18(10-11)12-7-8-12/h3-6,11-12H,2,7-10H2,1H3,(H,17,20). The number of ether oxygens (including phenoxy) is 1. The minimum absolute atomic E-state index is 0.0970. The van der Waals surface area contributed by atoms with Gasteiger partial charge in [-0.3, -0.25) is 9.59 Å². The van der Waals surface area contributed by atoms with Gasteiger partial charge in [0.25, 0.3) is 5.91 Å². The lowest BCUT2D eigenvalue weighted by Gasteiger charge is -2.17. The number of amides is 2. The Bertz CT molecular complexity index is 554. The van der Waals surface area contributed by atoms with Crippen LogP contribution in [0.15, 0.2) is 24.3 Å². The second-order valence-corrected chi connectivity index (χ2v) is 5.58. The van der Waals surface area contributed by atoms with Crippen LogP contribution in [0.5, 0.6) is 5.75 Å². The first-order valence-corrected chi connectivity index (χ1v) is 7.51. The van der Waals surface area contributed by atoms with Crippen LogP contribution in [-0.4, -0.2) is 41.9 Å². The van der Waals surface area contributed by atoms with Crippen molar-refractivity contribution >= 4 is 11.8 Å². The number of para-hydroxylation sites is 1. The molecule has 0 radical (unpaired) electrons. The summed E-state index contributed by atoms with van der Waals surface area (Å²) >= 11 is 0. The molecule has 1 atom stereocenters. The van der Waals surface area contributed by atoms with E-state index < -0.39 is 0 Å². The molecule has 5 nitrogen and oxygen atoms in total. The van der Waals surface area contributed by atoms with Crippen LogP contribution in [0.4, 0.5) is 0 Å². The van der Waals surface area contributed by atoms with E-state index in [2.05, 4.69) is 5.32 Å². The molecular formula is C16H20N2O3. The van der Waals surface area contributed by atoms with Crippen LogP contribution in [0.25, 0.3) is 0 Å². The molecule has 1 unspecified atom stereocenters. The minimum Gasteiger partial charge on any atom is -0.493 e. The van der Waals surface area contributed by atoms with Gasteiger partial charge in [0.15, 0.2) is 0 Å². The van der Waals surface area contributed by atoms with Gasteiger partial charge < -0.3 is 15.0 Å². The van der Waals surface area contributed by atoms with Crippen LogP contribution in [0.1, 0.15) is 36.5 Å². The third-order valence-electron chi connectivity index (χ3n) is 3.91. The Morgan fingerprint density at radius 3 is 2.86 bits per heavy atom. The number of rotatable bonds is 5. The normalized spacial score (nSPS) is 21.5. The molecule has 2 aliphatic rings. The van der Waals surface area contributed by atoms with E-state index in [0.29, 0.717) is 36.9 Å². The van der Waals surface area contributed by atoms with Gasteiger partial charge in [-0.05, 0) is 31.9 Å². The molecule has 3 rings (SSSR count). The summed E-state index contributed by atoms with van der Waals surface area (Å²) in [7, 11) is 0. The fraction of sp³-hybridized carbons (Fsp3) is 0.500. The highest BCUT2D eigenvalue weighted by Gasteiger charge is 2.39. The highest BCUT2D eigenvalue weighted by Crippen LogP contribution is 2.30. The third-order valence-corrected chi connectivity index (χ3v) is 3.91. The summed E-state index contributed by atoms with van der Waals surface area (Å²) in [6.45, 7) is 3.03. The van der Waals surface area contributed by atoms with Gasteiger partial charge in [0.2, 0.25) is 5.91 Å². The lowest BCUT2D eigenvalue weighted by atomic mass is 10.1. The maximum atomic E-state index is 12.4. The van der Waals surface area contributed by atoms with Crippen molar-refractivity contribution < 1.29 is 14.3 Å². The molecular weight excluding hydrogens is 268 g/mol. The van der Waals surface area contributed by atoms with E-state index in [0.717, 1.165) is 12.8 Å². The molecule has 0 spiro atoms. The van der Waals surface area contributed by atoms with Gasteiger partial charge in [0.1, 0.15) is 5.75 Å². The van der Waals surface area contributed by atoms with Crippen molar-refractivity contribution in [2.24, 2.45) is 0 Å². The average Bonchev–Trinajstić information content (AvgIpc) is 3.24. The van der Waals surface area contributed by atoms with E-state index >= 15 is 0 Å². The van der Waals surface area contributed by atoms with E-state index in [1.807, 2.05) is 24.0 Å². The maximum absolute atomic E-state index is 12.4. The molecule has 5 heteroatoms. The number of carbonyl (C=O) groups excluding carboxylic acids is 2. The van der Waals surface area contributed by atoms with Crippen molar-refractivity contribution in [3.8, 4) is 5.75 Å². The average molecular weight is 288 g/mol.